The Morgan fingerprint density at radius 3 is 2.70 bits per heavy atom. The minimum absolute atomic E-state index is 0.108. The number of carbonyl (C=O) groups is 1. The topological polar surface area (TPSA) is 92.5 Å². The number of nitro groups is 1. The Kier molecular flexibility index (Phi) is 4.01. The maximum atomic E-state index is 12.2. The molecule has 6 nitrogen and oxygen atoms in total. The van der Waals surface area contributed by atoms with Crippen molar-refractivity contribution >= 4 is 34.2 Å². The number of hydrogen-bond donors (Lipinski definition) is 2. The fourth-order valence-corrected chi connectivity index (χ4v) is 2.76. The van der Waals surface area contributed by atoms with E-state index in [2.05, 4.69) is 5.32 Å². The van der Waals surface area contributed by atoms with E-state index in [-0.39, 0.29) is 28.6 Å². The lowest BCUT2D eigenvalue weighted by atomic mass is 9.64. The Labute approximate surface area is 129 Å². The molecule has 0 radical (unpaired) electrons. The zero-order valence-electron chi connectivity index (χ0n) is 11.1. The zero-order chi connectivity index (χ0) is 15.1. The highest BCUT2D eigenvalue weighted by Gasteiger charge is 2.48. The summed E-state index contributed by atoms with van der Waals surface area (Å²) in [5.41, 5.74) is -0.192. The molecular formula is C13H15IN2O4. The van der Waals surface area contributed by atoms with Gasteiger partial charge in [-0.2, -0.15) is 0 Å². The van der Waals surface area contributed by atoms with Crippen LogP contribution in [0.25, 0.3) is 0 Å². The summed E-state index contributed by atoms with van der Waals surface area (Å²) in [4.78, 5) is 22.5. The molecular weight excluding hydrogens is 375 g/mol. The highest BCUT2D eigenvalue weighted by atomic mass is 127. The molecule has 1 aromatic rings. The Bertz CT molecular complexity index is 573. The second-order valence-corrected chi connectivity index (χ2v) is 6.68. The van der Waals surface area contributed by atoms with Gasteiger partial charge in [-0.3, -0.25) is 14.9 Å². The van der Waals surface area contributed by atoms with Gasteiger partial charge in [-0.25, -0.2) is 0 Å². The average molecular weight is 390 g/mol. The summed E-state index contributed by atoms with van der Waals surface area (Å²) in [7, 11) is 0. The van der Waals surface area contributed by atoms with Crippen LogP contribution < -0.4 is 5.32 Å². The molecule has 2 atom stereocenters. The number of aliphatic hydroxyl groups is 1. The minimum Gasteiger partial charge on any atom is -0.392 e. The first-order valence-corrected chi connectivity index (χ1v) is 7.24. The van der Waals surface area contributed by atoms with Gasteiger partial charge in [0.2, 0.25) is 0 Å². The van der Waals surface area contributed by atoms with Gasteiger partial charge in [0.05, 0.1) is 16.6 Å². The van der Waals surface area contributed by atoms with E-state index < -0.39 is 11.0 Å². The van der Waals surface area contributed by atoms with Gasteiger partial charge < -0.3 is 10.4 Å². The summed E-state index contributed by atoms with van der Waals surface area (Å²) in [5.74, 6) is -0.344. The van der Waals surface area contributed by atoms with Crippen LogP contribution in [0.15, 0.2) is 18.2 Å². The molecule has 0 spiro atoms. The van der Waals surface area contributed by atoms with Gasteiger partial charge in [-0.15, -0.1) is 0 Å². The van der Waals surface area contributed by atoms with E-state index in [1.165, 1.54) is 12.1 Å². The number of non-ortho nitro benzene ring substituents is 1. The average Bonchev–Trinajstić information content (AvgIpc) is 2.38. The molecule has 1 amide bonds. The van der Waals surface area contributed by atoms with Gasteiger partial charge in [-0.05, 0) is 35.1 Å². The number of nitrogens with zero attached hydrogens (tertiary/aromatic N) is 1. The third-order valence-electron chi connectivity index (χ3n) is 3.93. The Morgan fingerprint density at radius 2 is 2.20 bits per heavy atom. The molecule has 1 fully saturated rings. The zero-order valence-corrected chi connectivity index (χ0v) is 13.2. The molecule has 2 rings (SSSR count). The molecule has 0 heterocycles. The van der Waals surface area contributed by atoms with E-state index in [0.717, 1.165) is 0 Å². The maximum Gasteiger partial charge on any atom is 0.270 e. The van der Waals surface area contributed by atoms with Crippen LogP contribution in [0.1, 0.15) is 30.6 Å². The van der Waals surface area contributed by atoms with E-state index in [4.69, 9.17) is 0 Å². The smallest absolute Gasteiger partial charge is 0.270 e. The van der Waals surface area contributed by atoms with Gasteiger partial charge in [0.25, 0.3) is 11.6 Å². The van der Waals surface area contributed by atoms with Crippen LogP contribution in [0.4, 0.5) is 5.69 Å². The standard InChI is InChI=1S/C13H15IN2O4/c1-13(2)10(6-11(13)17)15-12(18)8-5-7(16(19)20)3-4-9(8)14/h3-5,10-11,17H,6H2,1-2H3,(H,15,18). The number of benzene rings is 1. The SMILES string of the molecule is CC1(C)C(O)CC1NC(=O)c1cc([N+](=O)[O-])ccc1I. The van der Waals surface area contributed by atoms with Crippen molar-refractivity contribution in [2.24, 2.45) is 5.41 Å². The van der Waals surface area contributed by atoms with Crippen molar-refractivity contribution in [3.8, 4) is 0 Å². The number of carbonyl (C=O) groups excluding carboxylic acids is 1. The molecule has 1 aromatic carbocycles. The van der Waals surface area contributed by atoms with E-state index in [0.29, 0.717) is 9.99 Å². The predicted octanol–water partition coefficient (Wildman–Crippen LogP) is 2.09. The van der Waals surface area contributed by atoms with Gasteiger partial charge >= 0.3 is 0 Å². The Morgan fingerprint density at radius 1 is 1.55 bits per heavy atom. The highest BCUT2D eigenvalue weighted by Crippen LogP contribution is 2.40. The summed E-state index contributed by atoms with van der Waals surface area (Å²) in [6, 6.07) is 4.07. The van der Waals surface area contributed by atoms with Crippen LogP contribution in [0.2, 0.25) is 0 Å². The van der Waals surface area contributed by atoms with Crippen molar-refractivity contribution in [3.05, 3.63) is 37.4 Å². The summed E-state index contributed by atoms with van der Waals surface area (Å²) in [6.45, 7) is 3.76. The monoisotopic (exact) mass is 390 g/mol. The molecule has 7 heteroatoms. The molecule has 108 valence electrons. The van der Waals surface area contributed by atoms with E-state index in [9.17, 15) is 20.0 Å². The molecule has 0 aromatic heterocycles. The lowest BCUT2D eigenvalue weighted by Crippen LogP contribution is -2.61. The highest BCUT2D eigenvalue weighted by molar-refractivity contribution is 14.1. The molecule has 1 aliphatic carbocycles. The number of amides is 1. The van der Waals surface area contributed by atoms with Gasteiger partial charge in [0.1, 0.15) is 0 Å². The quantitative estimate of drug-likeness (QED) is 0.470. The molecule has 0 bridgehead atoms. The third kappa shape index (κ3) is 2.64. The molecule has 2 unspecified atom stereocenters. The van der Waals surface area contributed by atoms with Crippen LogP contribution in [-0.2, 0) is 0 Å². The second-order valence-electron chi connectivity index (χ2n) is 5.52. The van der Waals surface area contributed by atoms with E-state index in [1.807, 2.05) is 36.4 Å². The van der Waals surface area contributed by atoms with Crippen LogP contribution >= 0.6 is 22.6 Å². The van der Waals surface area contributed by atoms with Crippen LogP contribution in [-0.4, -0.2) is 28.1 Å². The first kappa shape index (κ1) is 15.2. The van der Waals surface area contributed by atoms with Crippen molar-refractivity contribution in [3.63, 3.8) is 0 Å². The molecule has 20 heavy (non-hydrogen) atoms. The molecule has 2 N–H and O–H groups in total. The van der Waals surface area contributed by atoms with Crippen molar-refractivity contribution in [1.29, 1.82) is 0 Å². The minimum atomic E-state index is -0.524. The van der Waals surface area contributed by atoms with Crippen LogP contribution in [0.3, 0.4) is 0 Å². The van der Waals surface area contributed by atoms with Gasteiger partial charge in [0, 0.05) is 27.2 Å². The summed E-state index contributed by atoms with van der Waals surface area (Å²) >= 11 is 1.97. The number of nitrogens with one attached hydrogen (secondary N) is 1. The van der Waals surface area contributed by atoms with Crippen molar-refractivity contribution < 1.29 is 14.8 Å². The number of nitro benzene ring substituents is 1. The number of halogens is 1. The van der Waals surface area contributed by atoms with E-state index >= 15 is 0 Å². The number of hydrogen-bond acceptors (Lipinski definition) is 4. The van der Waals surface area contributed by atoms with Gasteiger partial charge in [-0.1, -0.05) is 13.8 Å². The fraction of sp³-hybridized carbons (Fsp3) is 0.462. The van der Waals surface area contributed by atoms with Crippen molar-refractivity contribution in [2.45, 2.75) is 32.4 Å². The molecule has 1 aliphatic rings. The number of aliphatic hydroxyl groups excluding tert-OH is 1. The molecule has 0 saturated heterocycles. The lowest BCUT2D eigenvalue weighted by Gasteiger charge is -2.49. The molecule has 0 aliphatic heterocycles. The van der Waals surface area contributed by atoms with Gasteiger partial charge in [0.15, 0.2) is 0 Å². The normalized spacial score (nSPS) is 23.8. The number of rotatable bonds is 3. The third-order valence-corrected chi connectivity index (χ3v) is 4.87. The Hall–Kier alpha value is -1.22. The Balaban J connectivity index is 2.18. The summed E-state index contributed by atoms with van der Waals surface area (Å²) in [6.07, 6.45) is 0.0709. The second kappa shape index (κ2) is 5.28. The van der Waals surface area contributed by atoms with Crippen LogP contribution in [0, 0.1) is 19.1 Å². The van der Waals surface area contributed by atoms with Crippen molar-refractivity contribution in [1.82, 2.24) is 5.32 Å². The van der Waals surface area contributed by atoms with Crippen LogP contribution in [0.5, 0.6) is 0 Å². The maximum absolute atomic E-state index is 12.2. The predicted molar refractivity (Wildman–Crippen MR) is 81.5 cm³/mol. The first-order valence-electron chi connectivity index (χ1n) is 6.16. The van der Waals surface area contributed by atoms with E-state index in [1.54, 1.807) is 6.07 Å². The largest absolute Gasteiger partial charge is 0.392 e. The first-order chi connectivity index (χ1) is 9.23. The lowest BCUT2D eigenvalue weighted by molar-refractivity contribution is -0.384. The summed E-state index contributed by atoms with van der Waals surface area (Å²) < 4.78 is 0.656. The van der Waals surface area contributed by atoms with Crippen molar-refractivity contribution in [2.75, 3.05) is 0 Å². The molecule has 1 saturated carbocycles. The fourth-order valence-electron chi connectivity index (χ4n) is 2.18. The summed E-state index contributed by atoms with van der Waals surface area (Å²) in [5, 5.41) is 23.3.